The SMILES string of the molecule is CCCCCC=CCC=CCCCCCCCCc1c[nH]c2ccccc12. The lowest BCUT2D eigenvalue weighted by Crippen LogP contribution is -1.85. The summed E-state index contributed by atoms with van der Waals surface area (Å²) in [6.45, 7) is 2.26. The second-order valence-electron chi connectivity index (χ2n) is 7.69. The van der Waals surface area contributed by atoms with Gasteiger partial charge in [-0.3, -0.25) is 0 Å². The molecule has 0 radical (unpaired) electrons. The fourth-order valence-electron chi connectivity index (χ4n) is 3.64. The third-order valence-electron chi connectivity index (χ3n) is 5.32. The van der Waals surface area contributed by atoms with Crippen LogP contribution in [-0.4, -0.2) is 4.98 Å². The fraction of sp³-hybridized carbons (Fsp3) is 0.538. The topological polar surface area (TPSA) is 15.8 Å². The number of allylic oxidation sites excluding steroid dienone is 4. The van der Waals surface area contributed by atoms with E-state index in [1.54, 1.807) is 0 Å². The van der Waals surface area contributed by atoms with E-state index in [0.717, 1.165) is 6.42 Å². The minimum absolute atomic E-state index is 1.11. The maximum Gasteiger partial charge on any atom is 0.0456 e. The van der Waals surface area contributed by atoms with Crippen molar-refractivity contribution in [1.29, 1.82) is 0 Å². The Morgan fingerprint density at radius 1 is 0.741 bits per heavy atom. The molecule has 1 N–H and O–H groups in total. The Labute approximate surface area is 167 Å². The second-order valence-corrected chi connectivity index (χ2v) is 7.69. The summed E-state index contributed by atoms with van der Waals surface area (Å²) in [5, 5.41) is 1.40. The Kier molecular flexibility index (Phi) is 11.4. The van der Waals surface area contributed by atoms with Crippen molar-refractivity contribution < 1.29 is 0 Å². The number of hydrogen-bond donors (Lipinski definition) is 1. The summed E-state index contributed by atoms with van der Waals surface area (Å²) in [4.78, 5) is 3.38. The van der Waals surface area contributed by atoms with Gasteiger partial charge < -0.3 is 4.98 Å². The van der Waals surface area contributed by atoms with Crippen LogP contribution in [0.15, 0.2) is 54.8 Å². The number of benzene rings is 1. The predicted octanol–water partition coefficient (Wildman–Crippen LogP) is 8.52. The lowest BCUT2D eigenvalue weighted by molar-refractivity contribution is 0.597. The van der Waals surface area contributed by atoms with Crippen molar-refractivity contribution in [2.45, 2.75) is 90.4 Å². The van der Waals surface area contributed by atoms with Crippen LogP contribution in [0.1, 0.15) is 89.5 Å². The number of nitrogens with one attached hydrogen (secondary N) is 1. The molecule has 2 rings (SSSR count). The first-order valence-electron chi connectivity index (χ1n) is 11.3. The monoisotopic (exact) mass is 365 g/mol. The van der Waals surface area contributed by atoms with Gasteiger partial charge in [0, 0.05) is 17.1 Å². The zero-order valence-corrected chi connectivity index (χ0v) is 17.4. The number of hydrogen-bond acceptors (Lipinski definition) is 0. The number of H-pyrrole nitrogens is 1. The summed E-state index contributed by atoms with van der Waals surface area (Å²) in [5.41, 5.74) is 2.75. The molecule has 1 heteroatoms. The molecular weight excluding hydrogens is 326 g/mol. The molecule has 0 amide bonds. The molecule has 27 heavy (non-hydrogen) atoms. The molecule has 1 nitrogen and oxygen atoms in total. The van der Waals surface area contributed by atoms with Gasteiger partial charge in [0.05, 0.1) is 0 Å². The number of para-hydroxylation sites is 1. The van der Waals surface area contributed by atoms with Crippen molar-refractivity contribution in [3.63, 3.8) is 0 Å². The van der Waals surface area contributed by atoms with E-state index >= 15 is 0 Å². The van der Waals surface area contributed by atoms with Gasteiger partial charge in [-0.05, 0) is 56.6 Å². The van der Waals surface area contributed by atoms with Crippen molar-refractivity contribution >= 4 is 10.9 Å². The lowest BCUT2D eigenvalue weighted by atomic mass is 10.0. The first kappa shape index (κ1) is 21.5. The summed E-state index contributed by atoms with van der Waals surface area (Å²) < 4.78 is 0. The standard InChI is InChI=1S/C26H39N/c1-2-3-4-5-6-7-8-9-10-11-12-13-14-15-16-17-20-24-23-27-26-22-19-18-21-25(24)26/h6-7,9-10,18-19,21-23,27H,2-5,8,11-17,20H2,1H3. The normalized spacial score (nSPS) is 12.0. The van der Waals surface area contributed by atoms with E-state index in [9.17, 15) is 0 Å². The van der Waals surface area contributed by atoms with E-state index in [-0.39, 0.29) is 0 Å². The summed E-state index contributed by atoms with van der Waals surface area (Å²) >= 11 is 0. The number of aromatic amines is 1. The summed E-state index contributed by atoms with van der Waals surface area (Å²) in [7, 11) is 0. The molecule has 1 aromatic heterocycles. The van der Waals surface area contributed by atoms with Crippen molar-refractivity contribution in [2.24, 2.45) is 0 Å². The van der Waals surface area contributed by atoms with E-state index in [2.05, 4.69) is 66.7 Å². The largest absolute Gasteiger partial charge is 0.361 e. The molecule has 148 valence electrons. The Morgan fingerprint density at radius 3 is 2.19 bits per heavy atom. The highest BCUT2D eigenvalue weighted by atomic mass is 14.7. The molecule has 0 aliphatic carbocycles. The molecule has 0 fully saturated rings. The molecule has 0 saturated carbocycles. The third kappa shape index (κ3) is 9.13. The van der Waals surface area contributed by atoms with Gasteiger partial charge in [-0.15, -0.1) is 0 Å². The van der Waals surface area contributed by atoms with E-state index in [1.165, 1.54) is 93.5 Å². The maximum absolute atomic E-state index is 3.38. The Balaban J connectivity index is 1.40. The van der Waals surface area contributed by atoms with E-state index < -0.39 is 0 Å². The highest BCUT2D eigenvalue weighted by Gasteiger charge is 2.02. The quantitative estimate of drug-likeness (QED) is 0.240. The summed E-state index contributed by atoms with van der Waals surface area (Å²) in [6.07, 6.45) is 28.6. The van der Waals surface area contributed by atoms with Crippen LogP contribution in [0.2, 0.25) is 0 Å². The summed E-state index contributed by atoms with van der Waals surface area (Å²) in [6, 6.07) is 8.63. The smallest absolute Gasteiger partial charge is 0.0456 e. The minimum Gasteiger partial charge on any atom is -0.361 e. The minimum atomic E-state index is 1.11. The van der Waals surface area contributed by atoms with Gasteiger partial charge in [-0.2, -0.15) is 0 Å². The number of unbranched alkanes of at least 4 members (excludes halogenated alkanes) is 9. The first-order chi connectivity index (χ1) is 13.4. The molecule has 0 aliphatic heterocycles. The Hall–Kier alpha value is -1.76. The number of aryl methyl sites for hydroxylation is 1. The molecule has 0 atom stereocenters. The van der Waals surface area contributed by atoms with Crippen LogP contribution in [0.4, 0.5) is 0 Å². The average molecular weight is 366 g/mol. The predicted molar refractivity (Wildman–Crippen MR) is 121 cm³/mol. The van der Waals surface area contributed by atoms with Gasteiger partial charge in [0.1, 0.15) is 0 Å². The molecule has 1 aromatic carbocycles. The average Bonchev–Trinajstić information content (AvgIpc) is 3.11. The van der Waals surface area contributed by atoms with Crippen LogP contribution >= 0.6 is 0 Å². The van der Waals surface area contributed by atoms with Gasteiger partial charge in [-0.1, -0.05) is 88.0 Å². The number of rotatable bonds is 15. The van der Waals surface area contributed by atoms with Gasteiger partial charge >= 0.3 is 0 Å². The van der Waals surface area contributed by atoms with Gasteiger partial charge in [-0.25, -0.2) is 0 Å². The second kappa shape index (κ2) is 14.3. The van der Waals surface area contributed by atoms with Crippen LogP contribution in [0.25, 0.3) is 10.9 Å². The van der Waals surface area contributed by atoms with Crippen molar-refractivity contribution in [3.8, 4) is 0 Å². The Morgan fingerprint density at radius 2 is 1.41 bits per heavy atom. The van der Waals surface area contributed by atoms with Crippen LogP contribution in [0, 0.1) is 0 Å². The third-order valence-corrected chi connectivity index (χ3v) is 5.32. The van der Waals surface area contributed by atoms with Crippen molar-refractivity contribution in [1.82, 2.24) is 4.98 Å². The van der Waals surface area contributed by atoms with Gasteiger partial charge in [0.15, 0.2) is 0 Å². The van der Waals surface area contributed by atoms with Crippen LogP contribution in [0.3, 0.4) is 0 Å². The molecule has 0 saturated heterocycles. The first-order valence-corrected chi connectivity index (χ1v) is 11.3. The summed E-state index contributed by atoms with van der Waals surface area (Å²) in [5.74, 6) is 0. The van der Waals surface area contributed by atoms with E-state index in [0.29, 0.717) is 0 Å². The van der Waals surface area contributed by atoms with Crippen LogP contribution in [0.5, 0.6) is 0 Å². The molecule has 1 heterocycles. The van der Waals surface area contributed by atoms with E-state index in [4.69, 9.17) is 0 Å². The van der Waals surface area contributed by atoms with Crippen molar-refractivity contribution in [2.75, 3.05) is 0 Å². The van der Waals surface area contributed by atoms with E-state index in [1.807, 2.05) is 0 Å². The maximum atomic E-state index is 3.38. The Bertz CT molecular complexity index is 662. The lowest BCUT2D eigenvalue weighted by Gasteiger charge is -2.01. The molecule has 0 spiro atoms. The zero-order chi connectivity index (χ0) is 19.0. The zero-order valence-electron chi connectivity index (χ0n) is 17.4. The molecule has 0 unspecified atom stereocenters. The van der Waals surface area contributed by atoms with Crippen molar-refractivity contribution in [3.05, 3.63) is 60.3 Å². The highest BCUT2D eigenvalue weighted by molar-refractivity contribution is 5.82. The highest BCUT2D eigenvalue weighted by Crippen LogP contribution is 2.20. The fourth-order valence-corrected chi connectivity index (χ4v) is 3.64. The molecule has 0 bridgehead atoms. The van der Waals surface area contributed by atoms with Crippen LogP contribution < -0.4 is 0 Å². The van der Waals surface area contributed by atoms with Gasteiger partial charge in [0.25, 0.3) is 0 Å². The molecular formula is C26H39N. The number of aromatic nitrogens is 1. The molecule has 0 aliphatic rings. The van der Waals surface area contributed by atoms with Crippen LogP contribution in [-0.2, 0) is 6.42 Å². The number of fused-ring (bicyclic) bond motifs is 1. The molecule has 2 aromatic rings. The van der Waals surface area contributed by atoms with Gasteiger partial charge in [0.2, 0.25) is 0 Å².